The lowest BCUT2D eigenvalue weighted by Gasteiger charge is -2.04. The SMILES string of the molecule is COc1cc(/C=N/NC(=O)Nc2ccncc2)ccc1O. The maximum absolute atomic E-state index is 11.6. The zero-order valence-electron chi connectivity index (χ0n) is 11.3. The minimum atomic E-state index is -0.469. The van der Waals surface area contributed by atoms with E-state index in [0.29, 0.717) is 17.0 Å². The molecule has 7 nitrogen and oxygen atoms in total. The molecular formula is C14H14N4O3. The van der Waals surface area contributed by atoms with Crippen LogP contribution in [0.4, 0.5) is 10.5 Å². The predicted molar refractivity (Wildman–Crippen MR) is 78.6 cm³/mol. The Labute approximate surface area is 121 Å². The molecule has 0 radical (unpaired) electrons. The van der Waals surface area contributed by atoms with Crippen LogP contribution < -0.4 is 15.5 Å². The second kappa shape index (κ2) is 6.90. The average Bonchev–Trinajstić information content (AvgIpc) is 2.50. The van der Waals surface area contributed by atoms with Crippen LogP contribution in [-0.4, -0.2) is 29.4 Å². The van der Waals surface area contributed by atoms with Gasteiger partial charge in [0.2, 0.25) is 0 Å². The Balaban J connectivity index is 1.91. The molecule has 0 aliphatic carbocycles. The van der Waals surface area contributed by atoms with Crippen LogP contribution in [-0.2, 0) is 0 Å². The first-order valence-electron chi connectivity index (χ1n) is 6.06. The second-order valence-electron chi connectivity index (χ2n) is 3.99. The number of nitrogens with one attached hydrogen (secondary N) is 2. The number of amides is 2. The van der Waals surface area contributed by atoms with Crippen molar-refractivity contribution >= 4 is 17.9 Å². The molecule has 0 aliphatic heterocycles. The summed E-state index contributed by atoms with van der Waals surface area (Å²) >= 11 is 0. The Morgan fingerprint density at radius 2 is 2.10 bits per heavy atom. The molecule has 0 saturated heterocycles. The summed E-state index contributed by atoms with van der Waals surface area (Å²) in [4.78, 5) is 15.4. The average molecular weight is 286 g/mol. The van der Waals surface area contributed by atoms with E-state index in [-0.39, 0.29) is 5.75 Å². The lowest BCUT2D eigenvalue weighted by atomic mass is 10.2. The lowest BCUT2D eigenvalue weighted by molar-refractivity contribution is 0.252. The van der Waals surface area contributed by atoms with E-state index in [1.54, 1.807) is 36.7 Å². The number of hydrogen-bond donors (Lipinski definition) is 3. The van der Waals surface area contributed by atoms with E-state index in [0.717, 1.165) is 0 Å². The summed E-state index contributed by atoms with van der Waals surface area (Å²) in [5, 5.41) is 15.9. The third-order valence-electron chi connectivity index (χ3n) is 2.52. The summed E-state index contributed by atoms with van der Waals surface area (Å²) in [6, 6.07) is 7.58. The third-order valence-corrected chi connectivity index (χ3v) is 2.52. The van der Waals surface area contributed by atoms with E-state index in [9.17, 15) is 9.90 Å². The predicted octanol–water partition coefficient (Wildman–Crippen LogP) is 1.95. The summed E-state index contributed by atoms with van der Waals surface area (Å²) in [6.07, 6.45) is 4.58. The van der Waals surface area contributed by atoms with Crippen molar-refractivity contribution in [3.8, 4) is 11.5 Å². The van der Waals surface area contributed by atoms with Crippen molar-refractivity contribution in [2.24, 2.45) is 5.10 Å². The van der Waals surface area contributed by atoms with Gasteiger partial charge in [-0.2, -0.15) is 5.10 Å². The molecule has 2 amide bonds. The highest BCUT2D eigenvalue weighted by Crippen LogP contribution is 2.25. The van der Waals surface area contributed by atoms with E-state index in [1.165, 1.54) is 19.4 Å². The first-order chi connectivity index (χ1) is 10.2. The largest absolute Gasteiger partial charge is 0.504 e. The Kier molecular flexibility index (Phi) is 4.70. The molecule has 0 unspecified atom stereocenters. The monoisotopic (exact) mass is 286 g/mol. The third kappa shape index (κ3) is 4.20. The summed E-state index contributed by atoms with van der Waals surface area (Å²) in [5.74, 6) is 0.373. The Morgan fingerprint density at radius 3 is 2.81 bits per heavy atom. The maximum Gasteiger partial charge on any atom is 0.339 e. The van der Waals surface area contributed by atoms with E-state index in [4.69, 9.17) is 4.74 Å². The standard InChI is InChI=1S/C14H14N4O3/c1-21-13-8-10(2-3-12(13)19)9-16-18-14(20)17-11-4-6-15-7-5-11/h2-9,19H,1H3,(H2,15,17,18,20)/b16-9+. The summed E-state index contributed by atoms with van der Waals surface area (Å²) in [6.45, 7) is 0. The lowest BCUT2D eigenvalue weighted by Crippen LogP contribution is -2.24. The van der Waals surface area contributed by atoms with Crippen LogP contribution in [0, 0.1) is 0 Å². The number of carbonyl (C=O) groups excluding carboxylic acids is 1. The van der Waals surface area contributed by atoms with Gasteiger partial charge >= 0.3 is 6.03 Å². The number of phenolic OH excluding ortho intramolecular Hbond substituents is 1. The van der Waals surface area contributed by atoms with Crippen molar-refractivity contribution in [2.45, 2.75) is 0 Å². The number of aromatic hydroxyl groups is 1. The number of urea groups is 1. The van der Waals surface area contributed by atoms with Crippen molar-refractivity contribution < 1.29 is 14.6 Å². The van der Waals surface area contributed by atoms with Crippen molar-refractivity contribution in [3.63, 3.8) is 0 Å². The first-order valence-corrected chi connectivity index (χ1v) is 6.06. The van der Waals surface area contributed by atoms with Crippen LogP contribution in [0.1, 0.15) is 5.56 Å². The van der Waals surface area contributed by atoms with E-state index in [2.05, 4.69) is 20.8 Å². The molecule has 1 aromatic carbocycles. The van der Waals surface area contributed by atoms with Gasteiger partial charge in [0, 0.05) is 18.1 Å². The van der Waals surface area contributed by atoms with Crippen LogP contribution in [0.3, 0.4) is 0 Å². The number of ether oxygens (including phenoxy) is 1. The zero-order valence-corrected chi connectivity index (χ0v) is 11.3. The molecule has 0 bridgehead atoms. The molecule has 7 heteroatoms. The second-order valence-corrected chi connectivity index (χ2v) is 3.99. The molecule has 2 rings (SSSR count). The van der Waals surface area contributed by atoms with E-state index >= 15 is 0 Å². The van der Waals surface area contributed by atoms with Gasteiger partial charge in [0.15, 0.2) is 11.5 Å². The first kappa shape index (κ1) is 14.3. The van der Waals surface area contributed by atoms with Crippen molar-refractivity contribution in [2.75, 3.05) is 12.4 Å². The van der Waals surface area contributed by atoms with Crippen molar-refractivity contribution in [3.05, 3.63) is 48.3 Å². The minimum Gasteiger partial charge on any atom is -0.504 e. The highest BCUT2D eigenvalue weighted by atomic mass is 16.5. The Morgan fingerprint density at radius 1 is 1.33 bits per heavy atom. The Hall–Kier alpha value is -3.09. The van der Waals surface area contributed by atoms with Crippen LogP contribution in [0.25, 0.3) is 0 Å². The quantitative estimate of drug-likeness (QED) is 0.591. The molecule has 1 heterocycles. The van der Waals surface area contributed by atoms with Gasteiger partial charge in [0.1, 0.15) is 0 Å². The van der Waals surface area contributed by atoms with Gasteiger partial charge in [-0.05, 0) is 35.9 Å². The zero-order chi connectivity index (χ0) is 15.1. The molecule has 0 atom stereocenters. The number of anilines is 1. The van der Waals surface area contributed by atoms with Gasteiger partial charge in [-0.15, -0.1) is 0 Å². The number of rotatable bonds is 4. The van der Waals surface area contributed by atoms with E-state index in [1.807, 2.05) is 0 Å². The fourth-order valence-corrected chi connectivity index (χ4v) is 1.53. The Bertz CT molecular complexity index is 644. The molecule has 1 aromatic heterocycles. The van der Waals surface area contributed by atoms with Gasteiger partial charge in [0.25, 0.3) is 0 Å². The van der Waals surface area contributed by atoms with Gasteiger partial charge in [-0.3, -0.25) is 4.98 Å². The summed E-state index contributed by atoms with van der Waals surface area (Å²) in [5.41, 5.74) is 3.62. The van der Waals surface area contributed by atoms with Gasteiger partial charge < -0.3 is 15.2 Å². The molecule has 0 fully saturated rings. The van der Waals surface area contributed by atoms with Crippen LogP contribution >= 0.6 is 0 Å². The fourth-order valence-electron chi connectivity index (χ4n) is 1.53. The number of phenols is 1. The highest BCUT2D eigenvalue weighted by molar-refractivity contribution is 5.90. The highest BCUT2D eigenvalue weighted by Gasteiger charge is 2.01. The smallest absolute Gasteiger partial charge is 0.339 e. The number of hydrogen-bond acceptors (Lipinski definition) is 5. The topological polar surface area (TPSA) is 95.8 Å². The fraction of sp³-hybridized carbons (Fsp3) is 0.0714. The number of pyridine rings is 1. The molecule has 3 N–H and O–H groups in total. The molecule has 21 heavy (non-hydrogen) atoms. The molecule has 2 aromatic rings. The van der Waals surface area contributed by atoms with Crippen LogP contribution in [0.5, 0.6) is 11.5 Å². The number of aromatic nitrogens is 1. The van der Waals surface area contributed by atoms with Gasteiger partial charge in [-0.25, -0.2) is 10.2 Å². The summed E-state index contributed by atoms with van der Waals surface area (Å²) in [7, 11) is 1.45. The van der Waals surface area contributed by atoms with Crippen molar-refractivity contribution in [1.29, 1.82) is 0 Å². The molecular weight excluding hydrogens is 272 g/mol. The molecule has 0 spiro atoms. The number of hydrazone groups is 1. The molecule has 0 saturated carbocycles. The van der Waals surface area contributed by atoms with Gasteiger partial charge in [-0.1, -0.05) is 0 Å². The van der Waals surface area contributed by atoms with E-state index < -0.39 is 6.03 Å². The van der Waals surface area contributed by atoms with Gasteiger partial charge in [0.05, 0.1) is 13.3 Å². The number of benzene rings is 1. The number of methoxy groups -OCH3 is 1. The number of nitrogens with zero attached hydrogens (tertiary/aromatic N) is 2. The minimum absolute atomic E-state index is 0.0399. The van der Waals surface area contributed by atoms with Crippen LogP contribution in [0.2, 0.25) is 0 Å². The van der Waals surface area contributed by atoms with Crippen LogP contribution in [0.15, 0.2) is 47.8 Å². The van der Waals surface area contributed by atoms with Crippen molar-refractivity contribution in [1.82, 2.24) is 10.4 Å². The summed E-state index contributed by atoms with van der Waals surface area (Å²) < 4.78 is 4.97. The number of carbonyl (C=O) groups is 1. The molecule has 0 aliphatic rings. The normalized spacial score (nSPS) is 10.3. The maximum atomic E-state index is 11.6. The molecule has 108 valence electrons.